The number of carbonyl (C=O) groups excluding carboxylic acids is 3. The second kappa shape index (κ2) is 7.68. The molecular formula is C19H24N2O4. The van der Waals surface area contributed by atoms with Crippen molar-refractivity contribution < 1.29 is 19.1 Å². The van der Waals surface area contributed by atoms with Crippen LogP contribution in [-0.2, 0) is 14.3 Å². The molecule has 2 fully saturated rings. The fraction of sp³-hybridized carbons (Fsp3) is 0.526. The molecule has 1 saturated carbocycles. The zero-order valence-electron chi connectivity index (χ0n) is 14.5. The number of ether oxygens (including phenoxy) is 1. The van der Waals surface area contributed by atoms with Gasteiger partial charge in [-0.05, 0) is 56.9 Å². The van der Waals surface area contributed by atoms with Crippen LogP contribution in [0.4, 0.5) is 5.69 Å². The van der Waals surface area contributed by atoms with Gasteiger partial charge in [-0.25, -0.2) is 0 Å². The minimum absolute atomic E-state index is 0.0395. The first-order chi connectivity index (χ1) is 12.1. The van der Waals surface area contributed by atoms with Crippen molar-refractivity contribution in [3.05, 3.63) is 29.8 Å². The summed E-state index contributed by atoms with van der Waals surface area (Å²) >= 11 is 0. The van der Waals surface area contributed by atoms with Crippen LogP contribution in [0.2, 0.25) is 0 Å². The first kappa shape index (κ1) is 17.5. The van der Waals surface area contributed by atoms with Gasteiger partial charge in [-0.1, -0.05) is 0 Å². The summed E-state index contributed by atoms with van der Waals surface area (Å²) in [5.41, 5.74) is 1.31. The number of likely N-dealkylation sites (tertiary alicyclic amines) is 1. The highest BCUT2D eigenvalue weighted by Crippen LogP contribution is 2.30. The van der Waals surface area contributed by atoms with E-state index in [1.54, 1.807) is 36.1 Å². The number of carbonyl (C=O) groups is 3. The minimum Gasteiger partial charge on any atom is -0.466 e. The van der Waals surface area contributed by atoms with E-state index < -0.39 is 0 Å². The Morgan fingerprint density at radius 3 is 2.24 bits per heavy atom. The van der Waals surface area contributed by atoms with E-state index >= 15 is 0 Å². The molecule has 25 heavy (non-hydrogen) atoms. The van der Waals surface area contributed by atoms with E-state index in [0.717, 1.165) is 18.5 Å². The predicted octanol–water partition coefficient (Wildman–Crippen LogP) is 2.45. The number of hydrogen-bond acceptors (Lipinski definition) is 4. The van der Waals surface area contributed by atoms with Crippen LogP contribution in [-0.4, -0.2) is 42.4 Å². The van der Waals surface area contributed by atoms with Crippen LogP contribution >= 0.6 is 0 Å². The largest absolute Gasteiger partial charge is 0.466 e. The zero-order valence-corrected chi connectivity index (χ0v) is 14.5. The number of hydrogen-bond donors (Lipinski definition) is 1. The highest BCUT2D eigenvalue weighted by Gasteiger charge is 2.30. The molecule has 0 unspecified atom stereocenters. The molecule has 1 saturated heterocycles. The van der Waals surface area contributed by atoms with Gasteiger partial charge >= 0.3 is 5.97 Å². The van der Waals surface area contributed by atoms with Crippen molar-refractivity contribution in [2.24, 2.45) is 11.8 Å². The third-order valence-corrected chi connectivity index (χ3v) is 4.75. The smallest absolute Gasteiger partial charge is 0.309 e. The summed E-state index contributed by atoms with van der Waals surface area (Å²) in [4.78, 5) is 37.9. The highest BCUT2D eigenvalue weighted by molar-refractivity contribution is 5.97. The van der Waals surface area contributed by atoms with Crippen molar-refractivity contribution >= 4 is 23.5 Å². The molecule has 1 aromatic rings. The predicted molar refractivity (Wildman–Crippen MR) is 93.1 cm³/mol. The van der Waals surface area contributed by atoms with Crippen LogP contribution < -0.4 is 5.32 Å². The van der Waals surface area contributed by atoms with Crippen molar-refractivity contribution in [3.8, 4) is 0 Å². The Labute approximate surface area is 147 Å². The average Bonchev–Trinajstić information content (AvgIpc) is 3.47. The molecule has 6 heteroatoms. The maximum atomic E-state index is 12.6. The molecule has 1 heterocycles. The van der Waals surface area contributed by atoms with Crippen molar-refractivity contribution in [3.63, 3.8) is 0 Å². The quantitative estimate of drug-likeness (QED) is 0.833. The fourth-order valence-corrected chi connectivity index (χ4v) is 3.05. The first-order valence-corrected chi connectivity index (χ1v) is 8.95. The number of rotatable bonds is 5. The fourth-order valence-electron chi connectivity index (χ4n) is 3.05. The van der Waals surface area contributed by atoms with Gasteiger partial charge in [0.1, 0.15) is 0 Å². The summed E-state index contributed by atoms with van der Waals surface area (Å²) in [5, 5.41) is 2.86. The van der Waals surface area contributed by atoms with Gasteiger partial charge in [0.25, 0.3) is 5.91 Å². The summed E-state index contributed by atoms with van der Waals surface area (Å²) in [6.45, 7) is 3.31. The number of piperidine rings is 1. The van der Waals surface area contributed by atoms with E-state index in [9.17, 15) is 14.4 Å². The van der Waals surface area contributed by atoms with Crippen molar-refractivity contribution in [1.82, 2.24) is 4.90 Å². The van der Waals surface area contributed by atoms with Crippen LogP contribution in [0, 0.1) is 11.8 Å². The summed E-state index contributed by atoms with van der Waals surface area (Å²) in [6, 6.07) is 7.00. The Balaban J connectivity index is 1.53. The molecule has 6 nitrogen and oxygen atoms in total. The highest BCUT2D eigenvalue weighted by atomic mass is 16.5. The van der Waals surface area contributed by atoms with E-state index in [4.69, 9.17) is 4.74 Å². The molecule has 1 N–H and O–H groups in total. The average molecular weight is 344 g/mol. The van der Waals surface area contributed by atoms with Crippen LogP contribution in [0.15, 0.2) is 24.3 Å². The van der Waals surface area contributed by atoms with Gasteiger partial charge in [0, 0.05) is 30.3 Å². The van der Waals surface area contributed by atoms with E-state index in [2.05, 4.69) is 5.32 Å². The second-order valence-electron chi connectivity index (χ2n) is 6.66. The van der Waals surface area contributed by atoms with Gasteiger partial charge in [-0.2, -0.15) is 0 Å². The topological polar surface area (TPSA) is 75.7 Å². The van der Waals surface area contributed by atoms with Crippen LogP contribution in [0.5, 0.6) is 0 Å². The molecule has 1 aliphatic carbocycles. The molecule has 0 bridgehead atoms. The van der Waals surface area contributed by atoms with Gasteiger partial charge < -0.3 is 15.0 Å². The second-order valence-corrected chi connectivity index (χ2v) is 6.66. The third-order valence-electron chi connectivity index (χ3n) is 4.75. The molecular weight excluding hydrogens is 320 g/mol. The number of esters is 1. The van der Waals surface area contributed by atoms with Crippen LogP contribution in [0.3, 0.4) is 0 Å². The Bertz CT molecular complexity index is 644. The van der Waals surface area contributed by atoms with Crippen LogP contribution in [0.1, 0.15) is 43.0 Å². The third kappa shape index (κ3) is 4.38. The van der Waals surface area contributed by atoms with E-state index in [0.29, 0.717) is 38.1 Å². The normalized spacial score (nSPS) is 17.9. The van der Waals surface area contributed by atoms with Crippen LogP contribution in [0.25, 0.3) is 0 Å². The van der Waals surface area contributed by atoms with Crippen molar-refractivity contribution in [1.29, 1.82) is 0 Å². The minimum atomic E-state index is -0.162. The molecule has 1 aliphatic heterocycles. The molecule has 0 radical (unpaired) electrons. The standard InChI is InChI=1S/C19H24N2O4/c1-2-25-19(24)15-9-11-21(12-10-15)18(23)14-5-7-16(8-6-14)20-17(22)13-3-4-13/h5-8,13,15H,2-4,9-12H2,1H3,(H,20,22). The molecule has 0 spiro atoms. The summed E-state index contributed by atoms with van der Waals surface area (Å²) in [7, 11) is 0. The Kier molecular flexibility index (Phi) is 5.36. The molecule has 2 amide bonds. The number of nitrogens with one attached hydrogen (secondary N) is 1. The maximum Gasteiger partial charge on any atom is 0.309 e. The van der Waals surface area contributed by atoms with E-state index in [-0.39, 0.29) is 29.6 Å². The lowest BCUT2D eigenvalue weighted by Crippen LogP contribution is -2.40. The number of amides is 2. The summed E-state index contributed by atoms with van der Waals surface area (Å²) < 4.78 is 5.05. The zero-order chi connectivity index (χ0) is 17.8. The van der Waals surface area contributed by atoms with E-state index in [1.807, 2.05) is 0 Å². The van der Waals surface area contributed by atoms with Gasteiger partial charge in [0.2, 0.25) is 5.91 Å². The van der Waals surface area contributed by atoms with Gasteiger partial charge in [0.05, 0.1) is 12.5 Å². The lowest BCUT2D eigenvalue weighted by atomic mass is 9.96. The van der Waals surface area contributed by atoms with E-state index in [1.165, 1.54) is 0 Å². The lowest BCUT2D eigenvalue weighted by molar-refractivity contribution is -0.149. The maximum absolute atomic E-state index is 12.6. The lowest BCUT2D eigenvalue weighted by Gasteiger charge is -2.31. The Hall–Kier alpha value is -2.37. The summed E-state index contributed by atoms with van der Waals surface area (Å²) in [5.74, 6) is -0.0983. The Morgan fingerprint density at radius 1 is 1.04 bits per heavy atom. The van der Waals surface area contributed by atoms with Gasteiger partial charge in [0.15, 0.2) is 0 Å². The number of anilines is 1. The monoisotopic (exact) mass is 344 g/mol. The summed E-state index contributed by atoms with van der Waals surface area (Å²) in [6.07, 6.45) is 3.20. The van der Waals surface area contributed by atoms with Gasteiger partial charge in [-0.15, -0.1) is 0 Å². The molecule has 2 aliphatic rings. The molecule has 134 valence electrons. The van der Waals surface area contributed by atoms with Crippen molar-refractivity contribution in [2.45, 2.75) is 32.6 Å². The first-order valence-electron chi connectivity index (χ1n) is 8.95. The van der Waals surface area contributed by atoms with Gasteiger partial charge in [-0.3, -0.25) is 14.4 Å². The number of benzene rings is 1. The Morgan fingerprint density at radius 2 is 1.68 bits per heavy atom. The number of nitrogens with zero attached hydrogens (tertiary/aromatic N) is 1. The molecule has 3 rings (SSSR count). The van der Waals surface area contributed by atoms with Crippen molar-refractivity contribution in [2.75, 3.05) is 25.0 Å². The SMILES string of the molecule is CCOC(=O)C1CCN(C(=O)c2ccc(NC(=O)C3CC3)cc2)CC1. The molecule has 0 atom stereocenters. The molecule has 0 aromatic heterocycles. The molecule has 1 aromatic carbocycles.